The minimum atomic E-state index is -2.90. The lowest BCUT2D eigenvalue weighted by molar-refractivity contribution is -0.0504. The number of carbonyl (C=O) groups is 1. The maximum absolute atomic E-state index is 12.5. The molecule has 0 radical (unpaired) electrons. The van der Waals surface area contributed by atoms with Crippen molar-refractivity contribution in [1.29, 1.82) is 0 Å². The highest BCUT2D eigenvalue weighted by Gasteiger charge is 2.16. The summed E-state index contributed by atoms with van der Waals surface area (Å²) in [5.41, 5.74) is 1.86. The average molecular weight is 332 g/mol. The molecule has 3 aromatic rings. The summed E-state index contributed by atoms with van der Waals surface area (Å²) >= 11 is 0. The van der Waals surface area contributed by atoms with Gasteiger partial charge in [0.15, 0.2) is 0 Å². The zero-order valence-corrected chi connectivity index (χ0v) is 12.5. The highest BCUT2D eigenvalue weighted by atomic mass is 19.3. The van der Waals surface area contributed by atoms with Crippen molar-refractivity contribution < 1.29 is 23.4 Å². The first kappa shape index (κ1) is 15.9. The number of hydrogen-bond acceptors (Lipinski definition) is 3. The van der Waals surface area contributed by atoms with Gasteiger partial charge in [-0.25, -0.2) is 9.78 Å². The van der Waals surface area contributed by atoms with Gasteiger partial charge in [0, 0.05) is 12.4 Å². The highest BCUT2D eigenvalue weighted by molar-refractivity contribution is 5.88. The fourth-order valence-corrected chi connectivity index (χ4v) is 2.67. The van der Waals surface area contributed by atoms with Gasteiger partial charge in [0.2, 0.25) is 0 Å². The zero-order chi connectivity index (χ0) is 17.1. The van der Waals surface area contributed by atoms with Crippen molar-refractivity contribution in [1.82, 2.24) is 9.38 Å². The van der Waals surface area contributed by atoms with Gasteiger partial charge in [-0.15, -0.1) is 0 Å². The van der Waals surface area contributed by atoms with E-state index in [0.29, 0.717) is 29.6 Å². The molecule has 0 aliphatic carbocycles. The van der Waals surface area contributed by atoms with E-state index >= 15 is 0 Å². The van der Waals surface area contributed by atoms with Crippen molar-refractivity contribution in [3.8, 4) is 5.75 Å². The van der Waals surface area contributed by atoms with Crippen molar-refractivity contribution in [2.45, 2.75) is 19.5 Å². The van der Waals surface area contributed by atoms with Crippen molar-refractivity contribution in [3.63, 3.8) is 0 Å². The van der Waals surface area contributed by atoms with Crippen LogP contribution in [0.1, 0.15) is 21.6 Å². The molecule has 5 nitrogen and oxygen atoms in total. The molecule has 2 heterocycles. The molecule has 0 unspecified atom stereocenters. The highest BCUT2D eigenvalue weighted by Crippen LogP contribution is 2.23. The maximum Gasteiger partial charge on any atom is 0.387 e. The van der Waals surface area contributed by atoms with Crippen LogP contribution in [0.5, 0.6) is 5.75 Å². The third-order valence-electron chi connectivity index (χ3n) is 3.70. The zero-order valence-electron chi connectivity index (χ0n) is 12.5. The standard InChI is InChI=1S/C17H14F2N2O3/c18-17(19)24-13-4-2-1-3-11(13)5-6-12-7-8-14-20-9-10-21(14)15(12)16(22)23/h1-4,7-10,17H,5-6H2,(H,22,23). The third-order valence-corrected chi connectivity index (χ3v) is 3.70. The summed E-state index contributed by atoms with van der Waals surface area (Å²) in [6.07, 6.45) is 3.86. The predicted molar refractivity (Wildman–Crippen MR) is 82.6 cm³/mol. The van der Waals surface area contributed by atoms with Crippen LogP contribution in [0.2, 0.25) is 0 Å². The van der Waals surface area contributed by atoms with Crippen LogP contribution in [0.25, 0.3) is 5.65 Å². The number of carboxylic acids is 1. The summed E-state index contributed by atoms with van der Waals surface area (Å²) in [5.74, 6) is -0.959. The molecule has 7 heteroatoms. The molecule has 1 aromatic carbocycles. The molecule has 0 aliphatic heterocycles. The number of aromatic carboxylic acids is 1. The number of hydrogen-bond donors (Lipinski definition) is 1. The molecular formula is C17H14F2N2O3. The largest absolute Gasteiger partial charge is 0.477 e. The SMILES string of the molecule is O=C(O)c1c(CCc2ccccc2OC(F)F)ccc2nccn12. The molecule has 0 atom stereocenters. The molecule has 24 heavy (non-hydrogen) atoms. The van der Waals surface area contributed by atoms with Crippen LogP contribution >= 0.6 is 0 Å². The molecule has 0 saturated carbocycles. The van der Waals surface area contributed by atoms with E-state index < -0.39 is 12.6 Å². The molecule has 0 saturated heterocycles. The quantitative estimate of drug-likeness (QED) is 0.751. The number of aryl methyl sites for hydroxylation is 2. The van der Waals surface area contributed by atoms with E-state index in [-0.39, 0.29) is 11.4 Å². The number of para-hydroxylation sites is 1. The molecule has 0 aliphatic rings. The Balaban J connectivity index is 1.89. The lowest BCUT2D eigenvalue weighted by Crippen LogP contribution is -2.11. The monoisotopic (exact) mass is 332 g/mol. The van der Waals surface area contributed by atoms with Crippen LogP contribution in [0.15, 0.2) is 48.8 Å². The number of pyridine rings is 1. The summed E-state index contributed by atoms with van der Waals surface area (Å²) in [4.78, 5) is 15.6. The van der Waals surface area contributed by atoms with Gasteiger partial charge in [0.25, 0.3) is 0 Å². The van der Waals surface area contributed by atoms with Crippen LogP contribution in [0.3, 0.4) is 0 Å². The van der Waals surface area contributed by atoms with Crippen LogP contribution in [0.4, 0.5) is 8.78 Å². The number of rotatable bonds is 6. The number of ether oxygens (including phenoxy) is 1. The van der Waals surface area contributed by atoms with Gasteiger partial charge in [-0.3, -0.25) is 4.40 Å². The van der Waals surface area contributed by atoms with Gasteiger partial charge in [-0.1, -0.05) is 24.3 Å². The van der Waals surface area contributed by atoms with E-state index in [2.05, 4.69) is 9.72 Å². The van der Waals surface area contributed by atoms with E-state index in [1.165, 1.54) is 16.7 Å². The average Bonchev–Trinajstić information content (AvgIpc) is 3.01. The number of carboxylic acid groups (broad SMARTS) is 1. The van der Waals surface area contributed by atoms with Crippen molar-refractivity contribution in [2.75, 3.05) is 0 Å². The minimum absolute atomic E-state index is 0.105. The Hall–Kier alpha value is -2.96. The first-order chi connectivity index (χ1) is 11.6. The maximum atomic E-state index is 12.5. The van der Waals surface area contributed by atoms with E-state index in [1.54, 1.807) is 36.5 Å². The summed E-state index contributed by atoms with van der Waals surface area (Å²) in [5, 5.41) is 9.48. The minimum Gasteiger partial charge on any atom is -0.477 e. The van der Waals surface area contributed by atoms with Crippen LogP contribution < -0.4 is 4.74 Å². The summed E-state index contributed by atoms with van der Waals surface area (Å²) < 4.78 is 30.9. The summed E-state index contributed by atoms with van der Waals surface area (Å²) in [6, 6.07) is 9.92. The second-order valence-corrected chi connectivity index (χ2v) is 5.15. The molecule has 2 aromatic heterocycles. The Morgan fingerprint density at radius 2 is 1.92 bits per heavy atom. The molecule has 0 bridgehead atoms. The number of aromatic nitrogens is 2. The number of halogens is 2. The number of alkyl halides is 2. The third kappa shape index (κ3) is 3.19. The van der Waals surface area contributed by atoms with Crippen molar-refractivity contribution >= 4 is 11.6 Å². The van der Waals surface area contributed by atoms with Gasteiger partial charge in [-0.2, -0.15) is 8.78 Å². The fraction of sp³-hybridized carbons (Fsp3) is 0.176. The molecule has 0 amide bonds. The number of benzene rings is 1. The Morgan fingerprint density at radius 1 is 1.17 bits per heavy atom. The van der Waals surface area contributed by atoms with Gasteiger partial charge < -0.3 is 9.84 Å². The van der Waals surface area contributed by atoms with Crippen molar-refractivity contribution in [3.05, 3.63) is 65.6 Å². The molecule has 0 spiro atoms. The van der Waals surface area contributed by atoms with Crippen molar-refractivity contribution in [2.24, 2.45) is 0 Å². The Labute approximate surface area is 136 Å². The van der Waals surface area contributed by atoms with Gasteiger partial charge >= 0.3 is 12.6 Å². The molecule has 124 valence electrons. The molecule has 1 N–H and O–H groups in total. The van der Waals surface area contributed by atoms with E-state index in [4.69, 9.17) is 0 Å². The molecular weight excluding hydrogens is 318 g/mol. The lowest BCUT2D eigenvalue weighted by Gasteiger charge is -2.12. The normalized spacial score (nSPS) is 11.1. The van der Waals surface area contributed by atoms with Gasteiger partial charge in [0.05, 0.1) is 0 Å². The van der Waals surface area contributed by atoms with Crippen LogP contribution in [0, 0.1) is 0 Å². The predicted octanol–water partition coefficient (Wildman–Crippen LogP) is 3.42. The number of fused-ring (bicyclic) bond motifs is 1. The van der Waals surface area contributed by atoms with Crippen LogP contribution in [-0.2, 0) is 12.8 Å². The second-order valence-electron chi connectivity index (χ2n) is 5.15. The Morgan fingerprint density at radius 3 is 2.67 bits per heavy atom. The fourth-order valence-electron chi connectivity index (χ4n) is 2.67. The number of imidazole rings is 1. The van der Waals surface area contributed by atoms with E-state index in [9.17, 15) is 18.7 Å². The lowest BCUT2D eigenvalue weighted by atomic mass is 10.0. The van der Waals surface area contributed by atoms with Gasteiger partial charge in [0.1, 0.15) is 17.1 Å². The summed E-state index contributed by atoms with van der Waals surface area (Å²) in [7, 11) is 0. The smallest absolute Gasteiger partial charge is 0.387 e. The molecule has 0 fully saturated rings. The van der Waals surface area contributed by atoms with E-state index in [1.807, 2.05) is 0 Å². The topological polar surface area (TPSA) is 63.8 Å². The Kier molecular flexibility index (Phi) is 4.41. The second kappa shape index (κ2) is 6.66. The first-order valence-corrected chi connectivity index (χ1v) is 7.27. The Bertz CT molecular complexity index is 877. The number of nitrogens with zero attached hydrogens (tertiary/aromatic N) is 2. The first-order valence-electron chi connectivity index (χ1n) is 7.27. The van der Waals surface area contributed by atoms with E-state index in [0.717, 1.165) is 0 Å². The van der Waals surface area contributed by atoms with Gasteiger partial charge in [-0.05, 0) is 36.1 Å². The molecule has 3 rings (SSSR count). The summed E-state index contributed by atoms with van der Waals surface area (Å²) in [6.45, 7) is -2.90. The van der Waals surface area contributed by atoms with Crippen LogP contribution in [-0.4, -0.2) is 27.1 Å².